The fraction of sp³-hybridized carbons (Fsp3) is 0.600. The van der Waals surface area contributed by atoms with Crippen molar-refractivity contribution in [2.24, 2.45) is 0 Å². The Hall–Kier alpha value is -2.42. The van der Waals surface area contributed by atoms with Gasteiger partial charge >= 0.3 is 12.1 Å². The first-order valence-electron chi connectivity index (χ1n) is 7.55. The van der Waals surface area contributed by atoms with Crippen LogP contribution in [0.5, 0.6) is 0 Å². The van der Waals surface area contributed by atoms with Crippen molar-refractivity contribution >= 4 is 23.7 Å². The van der Waals surface area contributed by atoms with E-state index in [0.29, 0.717) is 25.5 Å². The van der Waals surface area contributed by atoms with Gasteiger partial charge in [-0.3, -0.25) is 10.3 Å². The molecular formula is C15H22N4O5. The van der Waals surface area contributed by atoms with Gasteiger partial charge in [0.15, 0.2) is 11.9 Å². The highest BCUT2D eigenvalue weighted by molar-refractivity contribution is 5.83. The lowest BCUT2D eigenvalue weighted by Crippen LogP contribution is -2.47. The van der Waals surface area contributed by atoms with Crippen molar-refractivity contribution in [3.63, 3.8) is 0 Å². The lowest BCUT2D eigenvalue weighted by atomic mass is 10.2. The molecule has 1 amide bonds. The molecule has 1 aromatic rings. The molecule has 9 heteroatoms. The number of anilines is 2. The predicted octanol–water partition coefficient (Wildman–Crippen LogP) is 1.20. The van der Waals surface area contributed by atoms with Crippen LogP contribution >= 0.6 is 0 Å². The second kappa shape index (κ2) is 7.43. The monoisotopic (exact) mass is 338 g/mol. The van der Waals surface area contributed by atoms with E-state index in [1.54, 1.807) is 27.0 Å². The highest BCUT2D eigenvalue weighted by atomic mass is 16.6. The minimum atomic E-state index is -0.673. The summed E-state index contributed by atoms with van der Waals surface area (Å²) in [6, 6.07) is 0. The van der Waals surface area contributed by atoms with Gasteiger partial charge in [-0.1, -0.05) is 0 Å². The summed E-state index contributed by atoms with van der Waals surface area (Å²) in [5.41, 5.74) is -0.604. The first-order valence-corrected chi connectivity index (χ1v) is 7.55. The van der Waals surface area contributed by atoms with Crippen molar-refractivity contribution in [1.82, 2.24) is 9.97 Å². The van der Waals surface area contributed by atoms with Gasteiger partial charge in [0.25, 0.3) is 0 Å². The van der Waals surface area contributed by atoms with Gasteiger partial charge in [-0.05, 0) is 20.8 Å². The van der Waals surface area contributed by atoms with Gasteiger partial charge in [0, 0.05) is 6.54 Å². The first kappa shape index (κ1) is 17.9. The van der Waals surface area contributed by atoms with Crippen molar-refractivity contribution in [2.75, 3.05) is 37.0 Å². The first-order chi connectivity index (χ1) is 11.3. The van der Waals surface area contributed by atoms with Crippen LogP contribution in [0.25, 0.3) is 0 Å². The van der Waals surface area contributed by atoms with Crippen molar-refractivity contribution in [3.05, 3.63) is 12.4 Å². The Balaban J connectivity index is 2.04. The standard InChI is InChI=1S/C15H22N4O5/c1-15(2,3)24-14(21)18-11-7-16-8-12(17-11)19-5-6-23-10(9-19)13(20)22-4/h7-8,10H,5-6,9H2,1-4H3,(H,17,18,21)/t10-/m1/s1. The summed E-state index contributed by atoms with van der Waals surface area (Å²) in [6.45, 7) is 6.54. The number of aromatic nitrogens is 2. The van der Waals surface area contributed by atoms with Crippen molar-refractivity contribution < 1.29 is 23.8 Å². The molecule has 1 saturated heterocycles. The quantitative estimate of drug-likeness (QED) is 0.820. The predicted molar refractivity (Wildman–Crippen MR) is 85.9 cm³/mol. The number of morpholine rings is 1. The molecule has 2 heterocycles. The zero-order valence-corrected chi connectivity index (χ0v) is 14.2. The van der Waals surface area contributed by atoms with Crippen LogP contribution in [0.2, 0.25) is 0 Å². The third-order valence-electron chi connectivity index (χ3n) is 3.11. The molecule has 0 radical (unpaired) electrons. The maximum atomic E-state index is 11.8. The van der Waals surface area contributed by atoms with E-state index in [9.17, 15) is 9.59 Å². The maximum absolute atomic E-state index is 11.8. The van der Waals surface area contributed by atoms with Crippen LogP contribution in [-0.2, 0) is 19.0 Å². The van der Waals surface area contributed by atoms with Crippen molar-refractivity contribution in [1.29, 1.82) is 0 Å². The van der Waals surface area contributed by atoms with E-state index >= 15 is 0 Å². The average molecular weight is 338 g/mol. The number of carbonyl (C=O) groups excluding carboxylic acids is 2. The van der Waals surface area contributed by atoms with Crippen LogP contribution in [0.3, 0.4) is 0 Å². The minimum absolute atomic E-state index is 0.267. The molecule has 1 atom stereocenters. The van der Waals surface area contributed by atoms with Crippen molar-refractivity contribution in [3.8, 4) is 0 Å². The lowest BCUT2D eigenvalue weighted by molar-refractivity contribution is -0.154. The normalized spacial score (nSPS) is 18.0. The molecule has 0 aromatic carbocycles. The van der Waals surface area contributed by atoms with Gasteiger partial charge in [-0.25, -0.2) is 14.6 Å². The Morgan fingerprint density at radius 3 is 2.79 bits per heavy atom. The zero-order valence-electron chi connectivity index (χ0n) is 14.2. The smallest absolute Gasteiger partial charge is 0.413 e. The Bertz CT molecular complexity index is 602. The topological polar surface area (TPSA) is 103 Å². The van der Waals surface area contributed by atoms with Gasteiger partial charge < -0.3 is 19.1 Å². The van der Waals surface area contributed by atoms with Gasteiger partial charge in [0.05, 0.1) is 32.7 Å². The molecule has 0 unspecified atom stereocenters. The fourth-order valence-corrected chi connectivity index (χ4v) is 2.11. The largest absolute Gasteiger partial charge is 0.467 e. The summed E-state index contributed by atoms with van der Waals surface area (Å²) >= 11 is 0. The SMILES string of the molecule is COC(=O)[C@H]1CN(c2cncc(NC(=O)OC(C)(C)C)n2)CCO1. The van der Waals surface area contributed by atoms with Crippen LogP contribution in [0.1, 0.15) is 20.8 Å². The van der Waals surface area contributed by atoms with E-state index in [1.165, 1.54) is 13.3 Å². The van der Waals surface area contributed by atoms with E-state index in [-0.39, 0.29) is 5.82 Å². The van der Waals surface area contributed by atoms with Crippen LogP contribution < -0.4 is 10.2 Å². The van der Waals surface area contributed by atoms with Crippen LogP contribution in [-0.4, -0.2) is 60.5 Å². The molecule has 0 spiro atoms. The highest BCUT2D eigenvalue weighted by Gasteiger charge is 2.28. The molecule has 9 nitrogen and oxygen atoms in total. The van der Waals surface area contributed by atoms with E-state index in [2.05, 4.69) is 15.3 Å². The number of rotatable bonds is 3. The van der Waals surface area contributed by atoms with E-state index in [1.807, 2.05) is 4.90 Å². The molecule has 132 valence electrons. The molecule has 1 aliphatic heterocycles. The van der Waals surface area contributed by atoms with E-state index < -0.39 is 23.8 Å². The number of nitrogens with one attached hydrogen (secondary N) is 1. The summed E-state index contributed by atoms with van der Waals surface area (Å²) in [7, 11) is 1.32. The number of hydrogen-bond acceptors (Lipinski definition) is 8. The molecule has 0 saturated carbocycles. The Kier molecular flexibility index (Phi) is 5.55. The third kappa shape index (κ3) is 5.05. The zero-order chi connectivity index (χ0) is 17.7. The maximum Gasteiger partial charge on any atom is 0.413 e. The second-order valence-electron chi connectivity index (χ2n) is 6.22. The molecule has 0 bridgehead atoms. The van der Waals surface area contributed by atoms with Gasteiger partial charge in [0.1, 0.15) is 11.4 Å². The lowest BCUT2D eigenvalue weighted by Gasteiger charge is -2.32. The number of ether oxygens (including phenoxy) is 3. The summed E-state index contributed by atoms with van der Waals surface area (Å²) in [5.74, 6) is 0.360. The second-order valence-corrected chi connectivity index (χ2v) is 6.22. The number of amides is 1. The molecule has 1 aliphatic rings. The van der Waals surface area contributed by atoms with Crippen LogP contribution in [0, 0.1) is 0 Å². The Morgan fingerprint density at radius 1 is 1.38 bits per heavy atom. The number of carbonyl (C=O) groups is 2. The van der Waals surface area contributed by atoms with Crippen LogP contribution in [0.4, 0.5) is 16.4 Å². The van der Waals surface area contributed by atoms with Gasteiger partial charge in [-0.2, -0.15) is 0 Å². The van der Waals surface area contributed by atoms with Gasteiger partial charge in [0.2, 0.25) is 0 Å². The van der Waals surface area contributed by atoms with Crippen molar-refractivity contribution in [2.45, 2.75) is 32.5 Å². The Morgan fingerprint density at radius 2 is 2.12 bits per heavy atom. The van der Waals surface area contributed by atoms with Crippen LogP contribution in [0.15, 0.2) is 12.4 Å². The summed E-state index contributed by atoms with van der Waals surface area (Å²) in [6.07, 6.45) is 1.70. The molecule has 24 heavy (non-hydrogen) atoms. The molecule has 2 rings (SSSR count). The Labute approximate surface area is 140 Å². The number of nitrogens with zero attached hydrogens (tertiary/aromatic N) is 3. The number of esters is 1. The number of methoxy groups -OCH3 is 1. The molecule has 1 aromatic heterocycles. The van der Waals surface area contributed by atoms with E-state index in [4.69, 9.17) is 14.2 Å². The minimum Gasteiger partial charge on any atom is -0.467 e. The molecule has 1 N–H and O–H groups in total. The van der Waals surface area contributed by atoms with E-state index in [0.717, 1.165) is 0 Å². The summed E-state index contributed by atoms with van der Waals surface area (Å²) in [4.78, 5) is 33.6. The third-order valence-corrected chi connectivity index (χ3v) is 3.11. The molecule has 0 aliphatic carbocycles. The summed E-state index contributed by atoms with van der Waals surface area (Å²) < 4.78 is 15.3. The van der Waals surface area contributed by atoms with Gasteiger partial charge in [-0.15, -0.1) is 0 Å². The highest BCUT2D eigenvalue weighted by Crippen LogP contribution is 2.17. The number of hydrogen-bond donors (Lipinski definition) is 1. The fourth-order valence-electron chi connectivity index (χ4n) is 2.11. The molecular weight excluding hydrogens is 316 g/mol. The average Bonchev–Trinajstić information content (AvgIpc) is 2.52. The summed E-state index contributed by atoms with van der Waals surface area (Å²) in [5, 5.41) is 2.54. The molecule has 1 fully saturated rings.